The Kier molecular flexibility index (Phi) is 30.9. The molecular weight excluding hydrogens is 629 g/mol. The van der Waals surface area contributed by atoms with E-state index < -0.39 is 26.5 Å². The van der Waals surface area contributed by atoms with Crippen LogP contribution in [0.15, 0.2) is 12.2 Å². The van der Waals surface area contributed by atoms with Crippen LogP contribution in [0.5, 0.6) is 0 Å². The zero-order valence-electron chi connectivity index (χ0n) is 31.7. The second-order valence-electron chi connectivity index (χ2n) is 14.3. The standard InChI is InChI=1S/C38H74NO8P/c1-6-8-10-12-14-16-18-20-22-24-26-28-30-37(40)44-34-36(35-46-48(42,43)45-33-32-39(3,4)5)47-38(41)31-29-27-25-23-21-19-17-15-13-11-9-7-2/h15,17,36H,6-14,16,18-35H2,1-5H3/b17-15+/t36-/m1/s1. The molecule has 0 aliphatic rings. The number of carbonyl (C=O) groups is 2. The first-order valence-corrected chi connectivity index (χ1v) is 20.9. The summed E-state index contributed by atoms with van der Waals surface area (Å²) in [5.41, 5.74) is 0. The number of unbranched alkanes of at least 4 members (excludes halogenated alkanes) is 19. The monoisotopic (exact) mass is 704 g/mol. The Balaban J connectivity index is 4.44. The fourth-order valence-corrected chi connectivity index (χ4v) is 5.91. The van der Waals surface area contributed by atoms with E-state index in [0.29, 0.717) is 17.4 Å². The zero-order chi connectivity index (χ0) is 35.8. The quantitative estimate of drug-likeness (QED) is 0.0211. The van der Waals surface area contributed by atoms with E-state index in [-0.39, 0.29) is 32.0 Å². The lowest BCUT2D eigenvalue weighted by Gasteiger charge is -2.28. The minimum Gasteiger partial charge on any atom is -0.756 e. The van der Waals surface area contributed by atoms with Crippen molar-refractivity contribution in [2.45, 2.75) is 174 Å². The van der Waals surface area contributed by atoms with Crippen LogP contribution in [0.4, 0.5) is 0 Å². The van der Waals surface area contributed by atoms with Crippen LogP contribution >= 0.6 is 7.82 Å². The van der Waals surface area contributed by atoms with Crippen LogP contribution in [0.2, 0.25) is 0 Å². The van der Waals surface area contributed by atoms with E-state index in [1.165, 1.54) is 77.0 Å². The van der Waals surface area contributed by atoms with E-state index in [0.717, 1.165) is 57.8 Å². The van der Waals surface area contributed by atoms with Crippen LogP contribution in [0.1, 0.15) is 168 Å². The molecule has 10 heteroatoms. The molecule has 1 unspecified atom stereocenters. The molecule has 284 valence electrons. The maximum Gasteiger partial charge on any atom is 0.306 e. The van der Waals surface area contributed by atoms with Gasteiger partial charge in [-0.3, -0.25) is 14.2 Å². The molecule has 0 radical (unpaired) electrons. The molecule has 9 nitrogen and oxygen atoms in total. The number of carbonyl (C=O) groups excluding carboxylic acids is 2. The molecule has 0 aliphatic carbocycles. The number of rotatable bonds is 35. The van der Waals surface area contributed by atoms with E-state index >= 15 is 0 Å². The number of hydrogen-bond donors (Lipinski definition) is 0. The van der Waals surface area contributed by atoms with Gasteiger partial charge in [0.2, 0.25) is 0 Å². The number of phosphoric ester groups is 1. The van der Waals surface area contributed by atoms with Gasteiger partial charge in [0.1, 0.15) is 19.8 Å². The fourth-order valence-electron chi connectivity index (χ4n) is 5.18. The summed E-state index contributed by atoms with van der Waals surface area (Å²) in [5, 5.41) is 0. The Morgan fingerprint density at radius 3 is 1.58 bits per heavy atom. The Hall–Kier alpha value is -1.25. The smallest absolute Gasteiger partial charge is 0.306 e. The molecule has 0 aromatic carbocycles. The lowest BCUT2D eigenvalue weighted by molar-refractivity contribution is -0.870. The molecule has 0 fully saturated rings. The molecule has 0 rings (SSSR count). The minimum absolute atomic E-state index is 0.0298. The van der Waals surface area contributed by atoms with Crippen molar-refractivity contribution in [1.29, 1.82) is 0 Å². The molecule has 0 N–H and O–H groups in total. The van der Waals surface area contributed by atoms with Gasteiger partial charge in [-0.05, 0) is 38.5 Å². The average Bonchev–Trinajstić information content (AvgIpc) is 3.02. The predicted octanol–water partition coefficient (Wildman–Crippen LogP) is 9.61. The summed E-state index contributed by atoms with van der Waals surface area (Å²) < 4.78 is 33.7. The van der Waals surface area contributed by atoms with E-state index in [4.69, 9.17) is 18.5 Å². The Bertz CT molecular complexity index is 845. The molecule has 0 saturated heterocycles. The fraction of sp³-hybridized carbons (Fsp3) is 0.895. The number of phosphoric acid groups is 1. The van der Waals surface area contributed by atoms with Crippen LogP contribution in [0, 0.1) is 0 Å². The summed E-state index contributed by atoms with van der Waals surface area (Å²) in [4.78, 5) is 37.3. The number of likely N-dealkylation sites (N-methyl/N-ethyl adjacent to an activating group) is 1. The van der Waals surface area contributed by atoms with E-state index in [1.807, 2.05) is 21.1 Å². The van der Waals surface area contributed by atoms with Gasteiger partial charge in [0.05, 0.1) is 27.7 Å². The zero-order valence-corrected chi connectivity index (χ0v) is 32.6. The lowest BCUT2D eigenvalue weighted by atomic mass is 10.0. The first-order chi connectivity index (χ1) is 23.0. The van der Waals surface area contributed by atoms with Gasteiger partial charge >= 0.3 is 11.9 Å². The summed E-state index contributed by atoms with van der Waals surface area (Å²) in [6.07, 6.45) is 29.5. The minimum atomic E-state index is -4.61. The van der Waals surface area contributed by atoms with Gasteiger partial charge in [-0.1, -0.05) is 129 Å². The highest BCUT2D eigenvalue weighted by Gasteiger charge is 2.21. The number of nitrogens with zero attached hydrogens (tertiary/aromatic N) is 1. The molecule has 0 heterocycles. The number of hydrogen-bond acceptors (Lipinski definition) is 8. The van der Waals surface area contributed by atoms with Gasteiger partial charge < -0.3 is 27.9 Å². The summed E-state index contributed by atoms with van der Waals surface area (Å²) >= 11 is 0. The number of quaternary nitrogens is 1. The van der Waals surface area contributed by atoms with Crippen LogP contribution in [-0.2, 0) is 32.7 Å². The van der Waals surface area contributed by atoms with E-state index in [2.05, 4.69) is 26.0 Å². The number of ether oxygens (including phenoxy) is 2. The molecular formula is C38H74NO8P. The van der Waals surface area contributed by atoms with Crippen molar-refractivity contribution in [1.82, 2.24) is 0 Å². The first-order valence-electron chi connectivity index (χ1n) is 19.4. The van der Waals surface area contributed by atoms with Gasteiger partial charge in [0.25, 0.3) is 7.82 Å². The van der Waals surface area contributed by atoms with Crippen molar-refractivity contribution in [3.63, 3.8) is 0 Å². The summed E-state index contributed by atoms with van der Waals surface area (Å²) in [5.74, 6) is -0.842. The Morgan fingerprint density at radius 2 is 1.06 bits per heavy atom. The van der Waals surface area contributed by atoms with Crippen molar-refractivity contribution in [3.8, 4) is 0 Å². The Morgan fingerprint density at radius 1 is 0.625 bits per heavy atom. The molecule has 0 amide bonds. The average molecular weight is 704 g/mol. The summed E-state index contributed by atoms with van der Waals surface area (Å²) in [6, 6.07) is 0. The van der Waals surface area contributed by atoms with E-state index in [9.17, 15) is 19.0 Å². The van der Waals surface area contributed by atoms with Crippen molar-refractivity contribution < 1.29 is 42.1 Å². The van der Waals surface area contributed by atoms with Gasteiger partial charge in [0.15, 0.2) is 6.10 Å². The van der Waals surface area contributed by atoms with Crippen LogP contribution in [-0.4, -0.2) is 70.0 Å². The largest absolute Gasteiger partial charge is 0.756 e. The molecule has 2 atom stereocenters. The maximum absolute atomic E-state index is 12.6. The Labute approximate surface area is 295 Å². The van der Waals surface area contributed by atoms with Crippen LogP contribution in [0.25, 0.3) is 0 Å². The van der Waals surface area contributed by atoms with E-state index in [1.54, 1.807) is 0 Å². The van der Waals surface area contributed by atoms with Gasteiger partial charge in [-0.15, -0.1) is 0 Å². The number of allylic oxidation sites excluding steroid dienone is 2. The number of esters is 2. The first kappa shape index (κ1) is 46.8. The van der Waals surface area contributed by atoms with Crippen molar-refractivity contribution in [2.24, 2.45) is 0 Å². The molecule has 0 aromatic heterocycles. The predicted molar refractivity (Wildman–Crippen MR) is 195 cm³/mol. The van der Waals surface area contributed by atoms with Gasteiger partial charge in [-0.25, -0.2) is 0 Å². The molecule has 0 aromatic rings. The SMILES string of the molecule is CCCCC/C=C/CCCCCCCC(=O)O[C@H](COC(=O)CCCCCCCCCCCCCC)COP(=O)([O-])OCC[N+](C)(C)C. The van der Waals surface area contributed by atoms with Crippen LogP contribution < -0.4 is 4.89 Å². The topological polar surface area (TPSA) is 111 Å². The highest BCUT2D eigenvalue weighted by Crippen LogP contribution is 2.38. The summed E-state index contributed by atoms with van der Waals surface area (Å²) in [6.45, 7) is 4.18. The summed E-state index contributed by atoms with van der Waals surface area (Å²) in [7, 11) is 1.16. The van der Waals surface area contributed by atoms with Gasteiger partial charge in [0, 0.05) is 12.8 Å². The van der Waals surface area contributed by atoms with Crippen LogP contribution in [0.3, 0.4) is 0 Å². The molecule has 48 heavy (non-hydrogen) atoms. The second kappa shape index (κ2) is 31.7. The van der Waals surface area contributed by atoms with Crippen molar-refractivity contribution >= 4 is 19.8 Å². The van der Waals surface area contributed by atoms with Gasteiger partial charge in [-0.2, -0.15) is 0 Å². The highest BCUT2D eigenvalue weighted by molar-refractivity contribution is 7.45. The normalized spacial score (nSPS) is 13.9. The van der Waals surface area contributed by atoms with Crippen molar-refractivity contribution in [3.05, 3.63) is 12.2 Å². The third-order valence-corrected chi connectivity index (χ3v) is 9.25. The third-order valence-electron chi connectivity index (χ3n) is 8.29. The molecule has 0 spiro atoms. The molecule has 0 saturated carbocycles. The second-order valence-corrected chi connectivity index (χ2v) is 15.7. The maximum atomic E-state index is 12.6. The van der Waals surface area contributed by atoms with Crippen molar-refractivity contribution in [2.75, 3.05) is 47.5 Å². The molecule has 0 aliphatic heterocycles. The third kappa shape index (κ3) is 34.6. The molecule has 0 bridgehead atoms. The lowest BCUT2D eigenvalue weighted by Crippen LogP contribution is -2.37. The highest BCUT2D eigenvalue weighted by atomic mass is 31.2.